The summed E-state index contributed by atoms with van der Waals surface area (Å²) < 4.78 is 0. The van der Waals surface area contributed by atoms with Crippen molar-refractivity contribution < 1.29 is 4.79 Å². The highest BCUT2D eigenvalue weighted by molar-refractivity contribution is 5.93. The van der Waals surface area contributed by atoms with Gasteiger partial charge < -0.3 is 16.0 Å². The van der Waals surface area contributed by atoms with Crippen LogP contribution in [0.3, 0.4) is 0 Å². The number of amides is 1. The molecule has 0 spiro atoms. The minimum Gasteiger partial charge on any atom is -0.363 e. The summed E-state index contributed by atoms with van der Waals surface area (Å²) in [5.41, 5.74) is 6.95. The number of nitrogens with zero attached hydrogens (tertiary/aromatic N) is 2. The Balaban J connectivity index is 1.67. The minimum absolute atomic E-state index is 0.0257. The molecule has 2 aliphatic carbocycles. The highest BCUT2D eigenvalue weighted by Gasteiger charge is 2.49. The van der Waals surface area contributed by atoms with Crippen LogP contribution < -0.4 is 16.0 Å². The molecule has 0 aromatic carbocycles. The van der Waals surface area contributed by atoms with Crippen LogP contribution in [-0.4, -0.2) is 31.0 Å². The van der Waals surface area contributed by atoms with E-state index in [1.54, 1.807) is 6.20 Å². The van der Waals surface area contributed by atoms with Crippen molar-refractivity contribution in [1.29, 1.82) is 0 Å². The third-order valence-corrected chi connectivity index (χ3v) is 4.76. The summed E-state index contributed by atoms with van der Waals surface area (Å²) >= 11 is 0. The smallest absolute Gasteiger partial charge is 0.229 e. The van der Waals surface area contributed by atoms with Gasteiger partial charge in [-0.05, 0) is 43.2 Å². The zero-order valence-corrected chi connectivity index (χ0v) is 12.0. The fourth-order valence-corrected chi connectivity index (χ4v) is 3.67. The second kappa shape index (κ2) is 5.05. The average Bonchev–Trinajstić information content (AvgIpc) is 2.99. The summed E-state index contributed by atoms with van der Waals surface area (Å²) in [7, 11) is 3.88. The lowest BCUT2D eigenvalue weighted by Gasteiger charge is -2.27. The molecule has 1 amide bonds. The number of carbonyl (C=O) groups excluding carboxylic acids is 1. The Kier molecular flexibility index (Phi) is 3.38. The molecular formula is C15H22N4O. The molecule has 2 bridgehead atoms. The van der Waals surface area contributed by atoms with E-state index in [0.29, 0.717) is 11.8 Å². The average molecular weight is 274 g/mol. The van der Waals surface area contributed by atoms with Crippen LogP contribution in [0.25, 0.3) is 0 Å². The predicted molar refractivity (Wildman–Crippen MR) is 79.5 cm³/mol. The molecule has 2 aliphatic rings. The molecule has 3 N–H and O–H groups in total. The van der Waals surface area contributed by atoms with Crippen molar-refractivity contribution in [2.45, 2.75) is 25.3 Å². The van der Waals surface area contributed by atoms with Crippen LogP contribution in [0, 0.1) is 17.8 Å². The van der Waals surface area contributed by atoms with E-state index in [2.05, 4.69) is 10.3 Å². The van der Waals surface area contributed by atoms with E-state index in [1.807, 2.05) is 31.1 Å². The lowest BCUT2D eigenvalue weighted by atomic mass is 9.84. The molecule has 4 atom stereocenters. The number of anilines is 2. The van der Waals surface area contributed by atoms with Crippen molar-refractivity contribution in [3.63, 3.8) is 0 Å². The third-order valence-electron chi connectivity index (χ3n) is 4.76. The van der Waals surface area contributed by atoms with Crippen molar-refractivity contribution in [3.05, 3.63) is 18.3 Å². The quantitative estimate of drug-likeness (QED) is 0.875. The molecule has 2 saturated carbocycles. The monoisotopic (exact) mass is 274 g/mol. The normalized spacial score (nSPS) is 31.4. The van der Waals surface area contributed by atoms with E-state index < -0.39 is 0 Å². The summed E-state index contributed by atoms with van der Waals surface area (Å²) in [4.78, 5) is 18.6. The van der Waals surface area contributed by atoms with E-state index >= 15 is 0 Å². The van der Waals surface area contributed by atoms with Crippen LogP contribution in [-0.2, 0) is 4.79 Å². The molecule has 3 rings (SSSR count). The van der Waals surface area contributed by atoms with Crippen molar-refractivity contribution in [2.75, 3.05) is 24.3 Å². The molecule has 4 unspecified atom stereocenters. The first-order valence-electron chi connectivity index (χ1n) is 7.26. The third kappa shape index (κ3) is 2.26. The zero-order chi connectivity index (χ0) is 14.3. The number of pyridine rings is 1. The number of fused-ring (bicyclic) bond motifs is 2. The summed E-state index contributed by atoms with van der Waals surface area (Å²) in [6.45, 7) is 0. The van der Waals surface area contributed by atoms with Gasteiger partial charge in [-0.15, -0.1) is 0 Å². The summed E-state index contributed by atoms with van der Waals surface area (Å²) in [5.74, 6) is 1.93. The number of nitrogens with two attached hydrogens (primary N) is 1. The van der Waals surface area contributed by atoms with Gasteiger partial charge in [-0.1, -0.05) is 0 Å². The van der Waals surface area contributed by atoms with Gasteiger partial charge in [0.25, 0.3) is 0 Å². The van der Waals surface area contributed by atoms with Gasteiger partial charge in [0, 0.05) is 20.1 Å². The highest BCUT2D eigenvalue weighted by Crippen LogP contribution is 2.47. The molecule has 1 heterocycles. The largest absolute Gasteiger partial charge is 0.363 e. The maximum atomic E-state index is 12.4. The molecule has 2 fully saturated rings. The van der Waals surface area contributed by atoms with Crippen molar-refractivity contribution in [1.82, 2.24) is 4.98 Å². The van der Waals surface area contributed by atoms with Crippen molar-refractivity contribution in [3.8, 4) is 0 Å². The molecule has 0 aliphatic heterocycles. The zero-order valence-electron chi connectivity index (χ0n) is 12.0. The Morgan fingerprint density at radius 1 is 1.35 bits per heavy atom. The summed E-state index contributed by atoms with van der Waals surface area (Å²) in [6.07, 6.45) is 5.16. The van der Waals surface area contributed by atoms with Gasteiger partial charge in [-0.3, -0.25) is 4.79 Å². The Morgan fingerprint density at radius 3 is 2.65 bits per heavy atom. The van der Waals surface area contributed by atoms with Gasteiger partial charge in [-0.2, -0.15) is 0 Å². The highest BCUT2D eigenvalue weighted by atomic mass is 16.2. The first-order chi connectivity index (χ1) is 9.56. The topological polar surface area (TPSA) is 71.2 Å². The number of carbonyl (C=O) groups is 1. The molecule has 108 valence electrons. The van der Waals surface area contributed by atoms with Gasteiger partial charge in [-0.25, -0.2) is 4.98 Å². The van der Waals surface area contributed by atoms with E-state index in [0.717, 1.165) is 24.3 Å². The number of hydrogen-bond donors (Lipinski definition) is 2. The van der Waals surface area contributed by atoms with E-state index in [9.17, 15) is 4.79 Å². The molecule has 5 heteroatoms. The number of nitrogens with one attached hydrogen (secondary N) is 1. The van der Waals surface area contributed by atoms with E-state index in [1.165, 1.54) is 6.42 Å². The maximum Gasteiger partial charge on any atom is 0.229 e. The Labute approximate surface area is 119 Å². The van der Waals surface area contributed by atoms with E-state index in [4.69, 9.17) is 5.73 Å². The summed E-state index contributed by atoms with van der Waals surface area (Å²) in [6, 6.07) is 3.82. The van der Waals surface area contributed by atoms with Crippen LogP contribution in [0.5, 0.6) is 0 Å². The van der Waals surface area contributed by atoms with Gasteiger partial charge in [0.2, 0.25) is 5.91 Å². The Morgan fingerprint density at radius 2 is 2.10 bits per heavy atom. The van der Waals surface area contributed by atoms with Crippen molar-refractivity contribution in [2.24, 2.45) is 23.5 Å². The summed E-state index contributed by atoms with van der Waals surface area (Å²) in [5, 5.41) is 2.97. The molecule has 0 saturated heterocycles. The Hall–Kier alpha value is -1.62. The van der Waals surface area contributed by atoms with Crippen LogP contribution in [0.1, 0.15) is 19.3 Å². The maximum absolute atomic E-state index is 12.4. The molecule has 5 nitrogen and oxygen atoms in total. The van der Waals surface area contributed by atoms with Crippen molar-refractivity contribution >= 4 is 17.4 Å². The van der Waals surface area contributed by atoms with Gasteiger partial charge in [0.15, 0.2) is 0 Å². The van der Waals surface area contributed by atoms with E-state index in [-0.39, 0.29) is 17.9 Å². The molecule has 1 aromatic rings. The fourth-order valence-electron chi connectivity index (χ4n) is 3.67. The second-order valence-corrected chi connectivity index (χ2v) is 6.23. The fraction of sp³-hybridized carbons (Fsp3) is 0.600. The lowest BCUT2D eigenvalue weighted by molar-refractivity contribution is -0.121. The number of aromatic nitrogens is 1. The van der Waals surface area contributed by atoms with Crippen LogP contribution in [0.4, 0.5) is 11.5 Å². The minimum atomic E-state index is -0.0257. The second-order valence-electron chi connectivity index (χ2n) is 6.23. The SMILES string of the molecule is CN(C)c1ccc(NC(=O)C2C3CCC(C3)C2N)cn1. The molecule has 1 aromatic heterocycles. The van der Waals surface area contributed by atoms with Gasteiger partial charge in [0.05, 0.1) is 17.8 Å². The van der Waals surface area contributed by atoms with Crippen LogP contribution in [0.15, 0.2) is 18.3 Å². The number of hydrogen-bond acceptors (Lipinski definition) is 4. The Bertz CT molecular complexity index is 497. The van der Waals surface area contributed by atoms with Gasteiger partial charge in [0.1, 0.15) is 5.82 Å². The standard InChI is InChI=1S/C15H22N4O/c1-19(2)12-6-5-11(8-17-12)18-15(20)13-9-3-4-10(7-9)14(13)16/h5-6,8-10,13-14H,3-4,7,16H2,1-2H3,(H,18,20). The van der Waals surface area contributed by atoms with Crippen LogP contribution in [0.2, 0.25) is 0 Å². The predicted octanol–water partition coefficient (Wildman–Crippen LogP) is 1.46. The first kappa shape index (κ1) is 13.4. The lowest BCUT2D eigenvalue weighted by Crippen LogP contribution is -2.42. The molecule has 20 heavy (non-hydrogen) atoms. The molecular weight excluding hydrogens is 252 g/mol. The van der Waals surface area contributed by atoms with Gasteiger partial charge >= 0.3 is 0 Å². The molecule has 0 radical (unpaired) electrons. The number of rotatable bonds is 3. The van der Waals surface area contributed by atoms with Crippen LogP contribution >= 0.6 is 0 Å². The first-order valence-corrected chi connectivity index (χ1v) is 7.26.